The van der Waals surface area contributed by atoms with Gasteiger partial charge < -0.3 is 4.90 Å². The molecule has 0 bridgehead atoms. The lowest BCUT2D eigenvalue weighted by molar-refractivity contribution is 0.0777. The third-order valence-corrected chi connectivity index (χ3v) is 2.60. The summed E-state index contributed by atoms with van der Waals surface area (Å²) >= 11 is 1.23. The highest BCUT2D eigenvalue weighted by molar-refractivity contribution is 7.13. The first-order valence-electron chi connectivity index (χ1n) is 4.19. The van der Waals surface area contributed by atoms with Gasteiger partial charge in [-0.3, -0.25) is 4.79 Å². The Morgan fingerprint density at radius 2 is 2.23 bits per heavy atom. The minimum atomic E-state index is 0.0131. The van der Waals surface area contributed by atoms with Crippen LogP contribution in [-0.4, -0.2) is 28.9 Å². The number of hydrogen-bond donors (Lipinski definition) is 0. The van der Waals surface area contributed by atoms with Crippen LogP contribution in [0.25, 0.3) is 0 Å². The van der Waals surface area contributed by atoms with Crippen molar-refractivity contribution in [2.24, 2.45) is 0 Å². The van der Waals surface area contributed by atoms with Gasteiger partial charge in [-0.15, -0.1) is 11.3 Å². The molecule has 0 N–H and O–H groups in total. The molecule has 0 spiro atoms. The van der Waals surface area contributed by atoms with Gasteiger partial charge in [0.1, 0.15) is 4.88 Å². The molecule has 1 aromatic rings. The smallest absolute Gasteiger partial charge is 0.265 e. The Hall–Kier alpha value is -0.900. The Bertz CT molecular complexity index is 292. The average molecular weight is 196 g/mol. The molecule has 1 aromatic heterocycles. The highest BCUT2D eigenvalue weighted by Crippen LogP contribution is 2.13. The Morgan fingerprint density at radius 3 is 2.62 bits per heavy atom. The van der Waals surface area contributed by atoms with Crippen molar-refractivity contribution in [1.82, 2.24) is 9.88 Å². The lowest BCUT2D eigenvalue weighted by Crippen LogP contribution is -2.29. The number of carbonyl (C=O) groups excluding carboxylic acids is 1. The van der Waals surface area contributed by atoms with Gasteiger partial charge in [-0.25, -0.2) is 4.98 Å². The van der Waals surface area contributed by atoms with Crippen molar-refractivity contribution in [2.75, 3.05) is 13.1 Å². The van der Waals surface area contributed by atoms with Crippen LogP contribution in [0.3, 0.4) is 0 Å². The summed E-state index contributed by atoms with van der Waals surface area (Å²) in [5.41, 5.74) is 0. The fourth-order valence-electron chi connectivity index (χ4n) is 1.05. The van der Waals surface area contributed by atoms with E-state index < -0.39 is 0 Å². The van der Waals surface area contributed by atoms with Crippen LogP contribution in [0.2, 0.25) is 0 Å². The summed E-state index contributed by atoms with van der Waals surface area (Å²) in [5, 5.41) is 0.440. The summed E-state index contributed by atoms with van der Waals surface area (Å²) in [6.45, 7) is 10.8. The molecule has 4 heteroatoms. The van der Waals surface area contributed by atoms with E-state index in [1.807, 2.05) is 13.8 Å². The minimum Gasteiger partial charge on any atom is -0.338 e. The van der Waals surface area contributed by atoms with Gasteiger partial charge in [-0.1, -0.05) is 0 Å². The summed E-state index contributed by atoms with van der Waals surface area (Å²) in [7, 11) is 0. The maximum absolute atomic E-state index is 11.7. The molecule has 1 heterocycles. The summed E-state index contributed by atoms with van der Waals surface area (Å²) in [5.74, 6) is 0.0131. The van der Waals surface area contributed by atoms with Gasteiger partial charge in [-0.05, 0) is 13.8 Å². The van der Waals surface area contributed by atoms with Gasteiger partial charge in [0.15, 0.2) is 0 Å². The van der Waals surface area contributed by atoms with Crippen molar-refractivity contribution in [3.05, 3.63) is 23.0 Å². The zero-order valence-electron chi connectivity index (χ0n) is 7.78. The summed E-state index contributed by atoms with van der Waals surface area (Å²) in [6.07, 6.45) is 1.53. The molecular formula is C9H12N2OS. The molecule has 0 fully saturated rings. The fourth-order valence-corrected chi connectivity index (χ4v) is 1.71. The van der Waals surface area contributed by atoms with Crippen LogP contribution in [0.15, 0.2) is 6.20 Å². The molecule has 0 saturated carbocycles. The van der Waals surface area contributed by atoms with Crippen LogP contribution in [0.1, 0.15) is 28.5 Å². The Labute approximate surface area is 82.4 Å². The third-order valence-electron chi connectivity index (χ3n) is 1.79. The minimum absolute atomic E-state index is 0.0131. The first kappa shape index (κ1) is 10.2. The molecular weight excluding hydrogens is 184 g/mol. The van der Waals surface area contributed by atoms with Crippen LogP contribution < -0.4 is 0 Å². The SMILES string of the molecule is [CH]c1ncc(C(=O)N(CC)CC)s1. The van der Waals surface area contributed by atoms with Gasteiger partial charge in [0.25, 0.3) is 5.91 Å². The number of amides is 1. The van der Waals surface area contributed by atoms with E-state index >= 15 is 0 Å². The maximum Gasteiger partial charge on any atom is 0.265 e. The highest BCUT2D eigenvalue weighted by Gasteiger charge is 2.14. The van der Waals surface area contributed by atoms with E-state index in [-0.39, 0.29) is 5.91 Å². The highest BCUT2D eigenvalue weighted by atomic mass is 32.1. The maximum atomic E-state index is 11.7. The summed E-state index contributed by atoms with van der Waals surface area (Å²) in [4.78, 5) is 17.9. The van der Waals surface area contributed by atoms with Crippen LogP contribution in [-0.2, 0) is 0 Å². The molecule has 0 atom stereocenters. The number of hydrogen-bond acceptors (Lipinski definition) is 3. The van der Waals surface area contributed by atoms with Crippen molar-refractivity contribution in [2.45, 2.75) is 13.8 Å². The predicted octanol–water partition coefficient (Wildman–Crippen LogP) is 1.68. The van der Waals surface area contributed by atoms with E-state index in [2.05, 4.69) is 4.98 Å². The normalized spacial score (nSPS) is 10.1. The van der Waals surface area contributed by atoms with E-state index in [1.165, 1.54) is 17.5 Å². The molecule has 2 radical (unpaired) electrons. The fraction of sp³-hybridized carbons (Fsp3) is 0.444. The van der Waals surface area contributed by atoms with Gasteiger partial charge in [0.2, 0.25) is 0 Å². The Kier molecular flexibility index (Phi) is 3.42. The molecule has 0 aliphatic carbocycles. The second-order valence-corrected chi connectivity index (χ2v) is 3.60. The van der Waals surface area contributed by atoms with Crippen molar-refractivity contribution >= 4 is 17.2 Å². The van der Waals surface area contributed by atoms with Crippen LogP contribution >= 0.6 is 11.3 Å². The van der Waals surface area contributed by atoms with Crippen LogP contribution in [0.5, 0.6) is 0 Å². The lowest BCUT2D eigenvalue weighted by Gasteiger charge is -2.16. The molecule has 0 unspecified atom stereocenters. The van der Waals surface area contributed by atoms with Gasteiger partial charge in [0, 0.05) is 20.0 Å². The quantitative estimate of drug-likeness (QED) is 0.737. The van der Waals surface area contributed by atoms with E-state index in [4.69, 9.17) is 6.92 Å². The van der Waals surface area contributed by atoms with E-state index in [1.54, 1.807) is 4.90 Å². The van der Waals surface area contributed by atoms with Gasteiger partial charge in [-0.2, -0.15) is 0 Å². The first-order valence-corrected chi connectivity index (χ1v) is 5.01. The second kappa shape index (κ2) is 4.37. The Balaban J connectivity index is 2.78. The molecule has 0 aliphatic rings. The molecule has 1 amide bonds. The summed E-state index contributed by atoms with van der Waals surface area (Å²) in [6, 6.07) is 0. The molecule has 0 aliphatic heterocycles. The first-order chi connectivity index (χ1) is 6.19. The van der Waals surface area contributed by atoms with Crippen molar-refractivity contribution in [1.29, 1.82) is 0 Å². The largest absolute Gasteiger partial charge is 0.338 e. The Morgan fingerprint density at radius 1 is 1.62 bits per heavy atom. The van der Waals surface area contributed by atoms with Crippen molar-refractivity contribution in [3.8, 4) is 0 Å². The molecule has 1 rings (SSSR count). The van der Waals surface area contributed by atoms with Gasteiger partial charge >= 0.3 is 0 Å². The van der Waals surface area contributed by atoms with Crippen molar-refractivity contribution < 1.29 is 4.79 Å². The molecule has 70 valence electrons. The molecule has 3 nitrogen and oxygen atoms in total. The van der Waals surface area contributed by atoms with Crippen LogP contribution in [0, 0.1) is 6.92 Å². The molecule has 0 aromatic carbocycles. The average Bonchev–Trinajstić information content (AvgIpc) is 2.54. The third kappa shape index (κ3) is 2.28. The van der Waals surface area contributed by atoms with E-state index in [0.717, 1.165) is 0 Å². The van der Waals surface area contributed by atoms with Gasteiger partial charge in [0.05, 0.1) is 11.2 Å². The molecule has 13 heavy (non-hydrogen) atoms. The monoisotopic (exact) mass is 196 g/mol. The standard InChI is InChI=1S/C9H12N2OS/c1-4-11(5-2)9(12)8-6-10-7(3)13-8/h3,6H,4-5H2,1-2H3. The van der Waals surface area contributed by atoms with Crippen molar-refractivity contribution in [3.63, 3.8) is 0 Å². The number of thiazole rings is 1. The summed E-state index contributed by atoms with van der Waals surface area (Å²) < 4.78 is 0. The number of carbonyl (C=O) groups is 1. The number of rotatable bonds is 3. The lowest BCUT2D eigenvalue weighted by atomic mass is 10.4. The topological polar surface area (TPSA) is 33.2 Å². The van der Waals surface area contributed by atoms with E-state index in [0.29, 0.717) is 23.0 Å². The second-order valence-electron chi connectivity index (χ2n) is 2.54. The zero-order chi connectivity index (χ0) is 9.84. The number of aromatic nitrogens is 1. The van der Waals surface area contributed by atoms with Crippen LogP contribution in [0.4, 0.5) is 0 Å². The van der Waals surface area contributed by atoms with E-state index in [9.17, 15) is 4.79 Å². The predicted molar refractivity (Wildman–Crippen MR) is 52.8 cm³/mol. The molecule has 0 saturated heterocycles. The number of nitrogens with zero attached hydrogens (tertiary/aromatic N) is 2. The zero-order valence-corrected chi connectivity index (χ0v) is 8.60.